The second-order valence-electron chi connectivity index (χ2n) is 12.6. The summed E-state index contributed by atoms with van der Waals surface area (Å²) in [6, 6.07) is -0.844. The van der Waals surface area contributed by atoms with Crippen LogP contribution in [0.15, 0.2) is 70.4 Å². The van der Waals surface area contributed by atoms with Gasteiger partial charge in [0, 0.05) is 37.0 Å². The smallest absolute Gasteiger partial charge is 0.328 e. The first-order valence-electron chi connectivity index (χ1n) is 16.7. The Kier molecular flexibility index (Phi) is 15.8. The Hall–Kier alpha value is -3.54. The summed E-state index contributed by atoms with van der Waals surface area (Å²) < 4.78 is 11.3. The van der Waals surface area contributed by atoms with Gasteiger partial charge in [-0.3, -0.25) is 19.2 Å². The van der Waals surface area contributed by atoms with Crippen LogP contribution in [0.2, 0.25) is 0 Å². The second kappa shape index (κ2) is 19.5. The van der Waals surface area contributed by atoms with Crippen molar-refractivity contribution in [1.29, 1.82) is 0 Å². The van der Waals surface area contributed by atoms with Crippen molar-refractivity contribution in [3.8, 4) is 0 Å². The summed E-state index contributed by atoms with van der Waals surface area (Å²) in [5.41, 5.74) is 0.853. The van der Waals surface area contributed by atoms with Gasteiger partial charge in [0.15, 0.2) is 5.78 Å². The van der Waals surface area contributed by atoms with Crippen molar-refractivity contribution in [2.45, 2.75) is 103 Å². The molecule has 0 spiro atoms. The van der Waals surface area contributed by atoms with Gasteiger partial charge in [0.25, 0.3) is 0 Å². The first kappa shape index (κ1) is 38.9. The van der Waals surface area contributed by atoms with Gasteiger partial charge in [-0.05, 0) is 51.4 Å². The van der Waals surface area contributed by atoms with Crippen LogP contribution in [-0.4, -0.2) is 72.2 Å². The predicted octanol–water partition coefficient (Wildman–Crippen LogP) is 4.95. The first-order valence-corrected chi connectivity index (χ1v) is 17.9. The minimum atomic E-state index is -0.977. The van der Waals surface area contributed by atoms with E-state index in [1.54, 1.807) is 57.4 Å². The molecule has 1 aliphatic heterocycles. The van der Waals surface area contributed by atoms with Gasteiger partial charge in [-0.25, -0.2) is 4.79 Å². The highest BCUT2D eigenvalue weighted by molar-refractivity contribution is 8.03. The van der Waals surface area contributed by atoms with Gasteiger partial charge in [-0.15, -0.1) is 11.8 Å². The first-order chi connectivity index (χ1) is 23.0. The Morgan fingerprint density at radius 1 is 1.08 bits per heavy atom. The molecule has 1 fully saturated rings. The Labute approximate surface area is 288 Å². The molecule has 11 heteroatoms. The molecule has 2 amide bonds. The molecule has 262 valence electrons. The van der Waals surface area contributed by atoms with Gasteiger partial charge in [-0.2, -0.15) is 0 Å². The van der Waals surface area contributed by atoms with Crippen molar-refractivity contribution in [3.63, 3.8) is 0 Å². The van der Waals surface area contributed by atoms with Crippen molar-refractivity contribution in [3.05, 3.63) is 70.4 Å². The highest BCUT2D eigenvalue weighted by Gasteiger charge is 2.32. The number of carbonyl (C=O) groups is 5. The third-order valence-electron chi connectivity index (χ3n) is 8.99. The lowest BCUT2D eigenvalue weighted by Crippen LogP contribution is -2.45. The molecule has 0 unspecified atom stereocenters. The van der Waals surface area contributed by atoms with E-state index in [1.165, 1.54) is 18.9 Å². The van der Waals surface area contributed by atoms with E-state index >= 15 is 0 Å². The average molecular weight is 683 g/mol. The summed E-state index contributed by atoms with van der Waals surface area (Å²) in [6.07, 6.45) is 18.6. The number of fused-ring (bicyclic) bond motifs is 2. The van der Waals surface area contributed by atoms with Crippen LogP contribution in [-0.2, 0) is 33.4 Å². The number of Topliss-reactive ketones (excluding diaryl/α,β-unsaturated/α-hetero) is 1. The van der Waals surface area contributed by atoms with Crippen LogP contribution in [0.5, 0.6) is 0 Å². The van der Waals surface area contributed by atoms with E-state index in [0.717, 1.165) is 38.2 Å². The van der Waals surface area contributed by atoms with Gasteiger partial charge < -0.3 is 25.2 Å². The molecular formula is C37H50N2O8S. The minimum Gasteiger partial charge on any atom is -0.460 e. The Morgan fingerprint density at radius 3 is 2.48 bits per heavy atom. The largest absolute Gasteiger partial charge is 0.460 e. The fourth-order valence-electron chi connectivity index (χ4n) is 6.00. The zero-order valence-corrected chi connectivity index (χ0v) is 29.5. The van der Waals surface area contributed by atoms with Crippen LogP contribution < -0.4 is 10.6 Å². The number of rotatable bonds is 6. The van der Waals surface area contributed by atoms with E-state index in [2.05, 4.69) is 10.6 Å². The number of hydrogen-bond donors (Lipinski definition) is 3. The molecule has 2 bridgehead atoms. The molecule has 48 heavy (non-hydrogen) atoms. The molecule has 0 aromatic heterocycles. The number of aliphatic hydroxyl groups excluding tert-OH is 1. The van der Waals surface area contributed by atoms with Crippen LogP contribution >= 0.6 is 11.8 Å². The van der Waals surface area contributed by atoms with Crippen molar-refractivity contribution in [2.75, 3.05) is 13.4 Å². The van der Waals surface area contributed by atoms with Crippen molar-refractivity contribution >= 4 is 41.1 Å². The summed E-state index contributed by atoms with van der Waals surface area (Å²) >= 11 is 1.18. The topological polar surface area (TPSA) is 148 Å². The van der Waals surface area contributed by atoms with Gasteiger partial charge in [0.1, 0.15) is 12.1 Å². The highest BCUT2D eigenvalue weighted by Crippen LogP contribution is 2.30. The summed E-state index contributed by atoms with van der Waals surface area (Å²) in [6.45, 7) is 5.18. The average Bonchev–Trinajstić information content (AvgIpc) is 3.07. The van der Waals surface area contributed by atoms with Crippen LogP contribution in [0, 0.1) is 11.8 Å². The van der Waals surface area contributed by atoms with Crippen LogP contribution in [0.25, 0.3) is 0 Å². The maximum atomic E-state index is 13.4. The number of methoxy groups -OCH3 is 1. The van der Waals surface area contributed by atoms with Gasteiger partial charge in [0.2, 0.25) is 17.6 Å². The quantitative estimate of drug-likeness (QED) is 0.201. The van der Waals surface area contributed by atoms with Crippen LogP contribution in [0.4, 0.5) is 0 Å². The molecule has 10 nitrogen and oxygen atoms in total. The predicted molar refractivity (Wildman–Crippen MR) is 186 cm³/mol. The molecule has 0 aromatic rings. The number of allylic oxidation sites excluding steroid dienone is 8. The Bertz CT molecular complexity index is 1390. The standard InChI is InChI=1S/C37H50N2O8S/c1-23-15-14-19-28-34(43)29(22-30(40)35(28)48-5)39-32(41)21-27(46-4)18-12-7-6-8-13-20-31(24(2)33(23)42)47-37(45)25(3)38-36(44)26-16-10-9-11-17-26/h6-8,12-13,15,18,22,24-27,31,33,42H,9-11,14,16-17,19-21H2,1-5H3,(H,38,44)(H,39,41)/b7-6+,13-8+,18-12+,23-15-/t24-,25+,27-,31-,33-/m0/s1. The lowest BCUT2D eigenvalue weighted by atomic mass is 9.88. The molecule has 3 N–H and O–H groups in total. The highest BCUT2D eigenvalue weighted by atomic mass is 32.2. The lowest BCUT2D eigenvalue weighted by molar-refractivity contribution is -0.156. The molecule has 3 aliphatic rings. The van der Waals surface area contributed by atoms with Crippen LogP contribution in [0.3, 0.4) is 0 Å². The van der Waals surface area contributed by atoms with E-state index in [0.29, 0.717) is 28.9 Å². The maximum absolute atomic E-state index is 13.4. The minimum absolute atomic E-state index is 0.0613. The SMILES string of the molecule is CO[C@H]1/C=C/C=C/C=C/C[C@H](OC(=O)[C@@H](C)NC(=O)C2CCCCC2)[C@H](C)[C@@H](O)/C(C)=C\CCC2=C(SC)C(=O)C=C(NC(=O)C1)C2=O. The zero-order valence-electron chi connectivity index (χ0n) is 28.7. The molecule has 0 saturated heterocycles. The summed E-state index contributed by atoms with van der Waals surface area (Å²) in [5.74, 6) is -2.55. The van der Waals surface area contributed by atoms with Crippen LogP contribution in [0.1, 0.15) is 78.6 Å². The lowest BCUT2D eigenvalue weighted by Gasteiger charge is -2.29. The van der Waals surface area contributed by atoms with E-state index < -0.39 is 47.9 Å². The molecule has 2 aliphatic carbocycles. The monoisotopic (exact) mass is 682 g/mol. The fourth-order valence-corrected chi connectivity index (χ4v) is 6.70. The van der Waals surface area contributed by atoms with Gasteiger partial charge in [-0.1, -0.05) is 68.7 Å². The molecular weight excluding hydrogens is 632 g/mol. The Balaban J connectivity index is 1.84. The van der Waals surface area contributed by atoms with Crippen molar-refractivity contribution in [2.24, 2.45) is 11.8 Å². The molecule has 1 saturated carbocycles. The number of aliphatic hydroxyl groups is 1. The Morgan fingerprint density at radius 2 is 1.79 bits per heavy atom. The number of carbonyl (C=O) groups excluding carboxylic acids is 5. The number of nitrogens with one attached hydrogen (secondary N) is 2. The number of ether oxygens (including phenoxy) is 2. The van der Waals surface area contributed by atoms with Crippen molar-refractivity contribution in [1.82, 2.24) is 10.6 Å². The van der Waals surface area contributed by atoms with Gasteiger partial charge in [0.05, 0.1) is 29.2 Å². The van der Waals surface area contributed by atoms with E-state index in [4.69, 9.17) is 9.47 Å². The molecule has 0 radical (unpaired) electrons. The third-order valence-corrected chi connectivity index (χ3v) is 9.85. The molecule has 3 rings (SSSR count). The summed E-state index contributed by atoms with van der Waals surface area (Å²) in [4.78, 5) is 65.3. The number of esters is 1. The molecule has 5 atom stereocenters. The summed E-state index contributed by atoms with van der Waals surface area (Å²) in [5, 5.41) is 16.7. The summed E-state index contributed by atoms with van der Waals surface area (Å²) in [7, 11) is 1.47. The van der Waals surface area contributed by atoms with Gasteiger partial charge >= 0.3 is 5.97 Å². The maximum Gasteiger partial charge on any atom is 0.328 e. The fraction of sp³-hybridized carbons (Fsp3) is 0.541. The third kappa shape index (κ3) is 11.3. The van der Waals surface area contributed by atoms with Crippen molar-refractivity contribution < 1.29 is 38.6 Å². The van der Waals surface area contributed by atoms with E-state index in [9.17, 15) is 29.1 Å². The number of thioether (sulfide) groups is 1. The molecule has 0 aromatic carbocycles. The number of amides is 2. The number of ketones is 2. The molecule has 1 heterocycles. The normalized spacial score (nSPS) is 29.2. The second-order valence-corrected chi connectivity index (χ2v) is 13.4. The van der Waals surface area contributed by atoms with E-state index in [1.807, 2.05) is 12.2 Å². The zero-order chi connectivity index (χ0) is 35.2. The van der Waals surface area contributed by atoms with E-state index in [-0.39, 0.29) is 36.1 Å². The number of hydrogen-bond acceptors (Lipinski definition) is 9.